The fourth-order valence-corrected chi connectivity index (χ4v) is 3.14. The molecule has 1 atom stereocenters. The van der Waals surface area contributed by atoms with Crippen LogP contribution < -0.4 is 0 Å². The smallest absolute Gasteiger partial charge is 0.222 e. The number of carbonyl (C=O) groups excluding carboxylic acids is 1. The SMILES string of the molecule is O=C1CCCN1[C@H]1CCCN(CCn2cncn2)C1. The Kier molecular flexibility index (Phi) is 3.77. The Balaban J connectivity index is 1.51. The molecule has 2 aliphatic rings. The lowest BCUT2D eigenvalue weighted by atomic mass is 10.0. The van der Waals surface area contributed by atoms with Crippen molar-refractivity contribution in [3.8, 4) is 0 Å². The number of piperidine rings is 1. The maximum absolute atomic E-state index is 11.8. The van der Waals surface area contributed by atoms with Crippen LogP contribution in [0.15, 0.2) is 12.7 Å². The highest BCUT2D eigenvalue weighted by Crippen LogP contribution is 2.21. The summed E-state index contributed by atoms with van der Waals surface area (Å²) in [4.78, 5) is 20.3. The van der Waals surface area contributed by atoms with Gasteiger partial charge in [0.2, 0.25) is 5.91 Å². The summed E-state index contributed by atoms with van der Waals surface area (Å²) < 4.78 is 1.87. The summed E-state index contributed by atoms with van der Waals surface area (Å²) >= 11 is 0. The molecule has 19 heavy (non-hydrogen) atoms. The van der Waals surface area contributed by atoms with Gasteiger partial charge in [0.15, 0.2) is 0 Å². The van der Waals surface area contributed by atoms with Crippen molar-refractivity contribution in [1.29, 1.82) is 0 Å². The molecule has 3 heterocycles. The molecule has 0 bridgehead atoms. The lowest BCUT2D eigenvalue weighted by Crippen LogP contribution is -2.49. The summed E-state index contributed by atoms with van der Waals surface area (Å²) in [6.45, 7) is 4.97. The summed E-state index contributed by atoms with van der Waals surface area (Å²) in [5.41, 5.74) is 0. The molecule has 2 saturated heterocycles. The standard InChI is InChI=1S/C13H21N5O/c19-13-4-2-6-18(13)12-3-1-5-16(9-12)7-8-17-11-14-10-15-17/h10-12H,1-9H2/t12-/m0/s1. The van der Waals surface area contributed by atoms with Gasteiger partial charge in [-0.05, 0) is 25.8 Å². The van der Waals surface area contributed by atoms with Crippen LogP contribution in [0.25, 0.3) is 0 Å². The molecule has 1 amide bonds. The number of amides is 1. The van der Waals surface area contributed by atoms with Crippen molar-refractivity contribution >= 4 is 5.91 Å². The van der Waals surface area contributed by atoms with Crippen LogP contribution in [0.3, 0.4) is 0 Å². The average molecular weight is 263 g/mol. The molecular weight excluding hydrogens is 242 g/mol. The number of nitrogens with zero attached hydrogens (tertiary/aromatic N) is 5. The first-order valence-corrected chi connectivity index (χ1v) is 7.17. The number of hydrogen-bond donors (Lipinski definition) is 0. The Hall–Kier alpha value is -1.43. The number of carbonyl (C=O) groups is 1. The van der Waals surface area contributed by atoms with E-state index >= 15 is 0 Å². The maximum Gasteiger partial charge on any atom is 0.222 e. The molecule has 2 aliphatic heterocycles. The minimum Gasteiger partial charge on any atom is -0.338 e. The summed E-state index contributed by atoms with van der Waals surface area (Å²) in [6, 6.07) is 0.430. The van der Waals surface area contributed by atoms with E-state index in [4.69, 9.17) is 0 Å². The first kappa shape index (κ1) is 12.6. The molecule has 0 saturated carbocycles. The predicted molar refractivity (Wildman–Crippen MR) is 70.4 cm³/mol. The molecule has 1 aromatic heterocycles. The van der Waals surface area contributed by atoms with Gasteiger partial charge in [-0.15, -0.1) is 0 Å². The van der Waals surface area contributed by atoms with Gasteiger partial charge in [-0.2, -0.15) is 5.10 Å². The molecule has 0 aliphatic carbocycles. The lowest BCUT2D eigenvalue weighted by molar-refractivity contribution is -0.130. The predicted octanol–water partition coefficient (Wildman–Crippen LogP) is 0.365. The second-order valence-electron chi connectivity index (χ2n) is 5.45. The molecule has 104 valence electrons. The van der Waals surface area contributed by atoms with E-state index in [9.17, 15) is 4.79 Å². The highest BCUT2D eigenvalue weighted by atomic mass is 16.2. The quantitative estimate of drug-likeness (QED) is 0.787. The monoisotopic (exact) mass is 263 g/mol. The van der Waals surface area contributed by atoms with E-state index < -0.39 is 0 Å². The van der Waals surface area contributed by atoms with Crippen LogP contribution in [-0.2, 0) is 11.3 Å². The van der Waals surface area contributed by atoms with Crippen LogP contribution in [-0.4, -0.2) is 62.7 Å². The van der Waals surface area contributed by atoms with Gasteiger partial charge in [-0.1, -0.05) is 0 Å². The number of rotatable bonds is 4. The Morgan fingerprint density at radius 2 is 2.21 bits per heavy atom. The van der Waals surface area contributed by atoms with Crippen molar-refractivity contribution in [2.24, 2.45) is 0 Å². The molecule has 0 radical (unpaired) electrons. The Morgan fingerprint density at radius 1 is 1.26 bits per heavy atom. The van der Waals surface area contributed by atoms with Crippen molar-refractivity contribution < 1.29 is 4.79 Å². The molecule has 0 N–H and O–H groups in total. The van der Waals surface area contributed by atoms with Crippen LogP contribution >= 0.6 is 0 Å². The average Bonchev–Trinajstić information content (AvgIpc) is 3.08. The Bertz CT molecular complexity index is 419. The van der Waals surface area contributed by atoms with Crippen LogP contribution in [0.5, 0.6) is 0 Å². The van der Waals surface area contributed by atoms with E-state index in [1.54, 1.807) is 12.7 Å². The van der Waals surface area contributed by atoms with Gasteiger partial charge >= 0.3 is 0 Å². The molecule has 6 nitrogen and oxygen atoms in total. The third-order valence-electron chi connectivity index (χ3n) is 4.14. The normalized spacial score (nSPS) is 25.2. The van der Waals surface area contributed by atoms with Gasteiger partial charge in [-0.3, -0.25) is 14.4 Å². The van der Waals surface area contributed by atoms with Gasteiger partial charge in [0.25, 0.3) is 0 Å². The van der Waals surface area contributed by atoms with Crippen molar-refractivity contribution in [2.45, 2.75) is 38.3 Å². The second kappa shape index (κ2) is 5.69. The van der Waals surface area contributed by atoms with Crippen molar-refractivity contribution in [3.63, 3.8) is 0 Å². The number of hydrogen-bond acceptors (Lipinski definition) is 4. The summed E-state index contributed by atoms with van der Waals surface area (Å²) in [5.74, 6) is 0.350. The van der Waals surface area contributed by atoms with Gasteiger partial charge in [0.05, 0.1) is 6.54 Å². The van der Waals surface area contributed by atoms with E-state index in [0.29, 0.717) is 11.9 Å². The first-order chi connectivity index (χ1) is 9.33. The van der Waals surface area contributed by atoms with Crippen LogP contribution in [0.2, 0.25) is 0 Å². The highest BCUT2D eigenvalue weighted by molar-refractivity contribution is 5.78. The molecule has 0 aromatic carbocycles. The van der Waals surface area contributed by atoms with Gasteiger partial charge in [-0.25, -0.2) is 4.98 Å². The zero-order valence-corrected chi connectivity index (χ0v) is 11.2. The summed E-state index contributed by atoms with van der Waals surface area (Å²) in [5, 5.41) is 4.12. The van der Waals surface area contributed by atoms with Gasteiger partial charge in [0.1, 0.15) is 12.7 Å². The zero-order valence-electron chi connectivity index (χ0n) is 11.2. The Labute approximate surface area is 113 Å². The molecule has 0 unspecified atom stereocenters. The van der Waals surface area contributed by atoms with Crippen molar-refractivity contribution in [2.75, 3.05) is 26.2 Å². The highest BCUT2D eigenvalue weighted by Gasteiger charge is 2.30. The third kappa shape index (κ3) is 2.94. The molecule has 1 aromatic rings. The van der Waals surface area contributed by atoms with E-state index in [1.807, 2.05) is 4.68 Å². The van der Waals surface area contributed by atoms with Gasteiger partial charge in [0, 0.05) is 32.1 Å². The fraction of sp³-hybridized carbons (Fsp3) is 0.769. The zero-order chi connectivity index (χ0) is 13.1. The molecule has 6 heteroatoms. The van der Waals surface area contributed by atoms with Crippen molar-refractivity contribution in [3.05, 3.63) is 12.7 Å². The molecular formula is C13H21N5O. The minimum absolute atomic E-state index is 0.350. The maximum atomic E-state index is 11.8. The van der Waals surface area contributed by atoms with E-state index in [2.05, 4.69) is 19.9 Å². The van der Waals surface area contributed by atoms with Crippen LogP contribution in [0.1, 0.15) is 25.7 Å². The van der Waals surface area contributed by atoms with Crippen LogP contribution in [0.4, 0.5) is 0 Å². The van der Waals surface area contributed by atoms with Gasteiger partial charge < -0.3 is 4.90 Å². The summed E-state index contributed by atoms with van der Waals surface area (Å²) in [7, 11) is 0. The topological polar surface area (TPSA) is 54.3 Å². The summed E-state index contributed by atoms with van der Waals surface area (Å²) in [6.07, 6.45) is 7.45. The fourth-order valence-electron chi connectivity index (χ4n) is 3.14. The largest absolute Gasteiger partial charge is 0.338 e. The Morgan fingerprint density at radius 3 is 2.95 bits per heavy atom. The first-order valence-electron chi connectivity index (χ1n) is 7.17. The number of likely N-dealkylation sites (tertiary alicyclic amines) is 2. The molecule has 0 spiro atoms. The second-order valence-corrected chi connectivity index (χ2v) is 5.45. The van der Waals surface area contributed by atoms with Crippen molar-refractivity contribution in [1.82, 2.24) is 24.6 Å². The van der Waals surface area contributed by atoms with E-state index in [-0.39, 0.29) is 0 Å². The van der Waals surface area contributed by atoms with E-state index in [0.717, 1.165) is 52.0 Å². The van der Waals surface area contributed by atoms with E-state index in [1.165, 1.54) is 6.42 Å². The minimum atomic E-state index is 0.350. The third-order valence-corrected chi connectivity index (χ3v) is 4.14. The molecule has 2 fully saturated rings. The number of aromatic nitrogens is 3. The lowest BCUT2D eigenvalue weighted by Gasteiger charge is -2.37. The van der Waals surface area contributed by atoms with Crippen LogP contribution in [0, 0.1) is 0 Å². The molecule has 3 rings (SSSR count).